The van der Waals surface area contributed by atoms with Crippen LogP contribution >= 0.6 is 0 Å². The van der Waals surface area contributed by atoms with E-state index in [0.29, 0.717) is 18.8 Å². The largest absolute Gasteiger partial charge is 0.481 e. The summed E-state index contributed by atoms with van der Waals surface area (Å²) in [5.74, 6) is -1.32. The minimum atomic E-state index is -0.812. The van der Waals surface area contributed by atoms with Gasteiger partial charge in [-0.05, 0) is 50.9 Å². The van der Waals surface area contributed by atoms with Crippen LogP contribution in [0.2, 0.25) is 0 Å². The summed E-state index contributed by atoms with van der Waals surface area (Å²) < 4.78 is 4.99. The Morgan fingerprint density at radius 1 is 1.28 bits per heavy atom. The zero-order valence-electron chi connectivity index (χ0n) is 18.4. The van der Waals surface area contributed by atoms with Crippen LogP contribution in [0.1, 0.15) is 72.6 Å². The molecule has 6 atom stereocenters. The molecule has 2 saturated carbocycles. The molecule has 0 spiro atoms. The molecule has 1 heterocycles. The van der Waals surface area contributed by atoms with Gasteiger partial charge >= 0.3 is 11.9 Å². The van der Waals surface area contributed by atoms with Crippen LogP contribution in [0.5, 0.6) is 0 Å². The molecule has 2 fully saturated rings. The summed E-state index contributed by atoms with van der Waals surface area (Å²) in [6.45, 7) is 8.31. The summed E-state index contributed by atoms with van der Waals surface area (Å²) in [4.78, 5) is 41.9. The van der Waals surface area contributed by atoms with Gasteiger partial charge in [0.2, 0.25) is 0 Å². The Balaban J connectivity index is 2.13. The van der Waals surface area contributed by atoms with Gasteiger partial charge in [0.25, 0.3) is 0 Å². The maximum Gasteiger partial charge on any atom is 0.331 e. The predicted molar refractivity (Wildman–Crippen MR) is 110 cm³/mol. The molecule has 0 aromatic rings. The second-order valence-electron chi connectivity index (χ2n) is 10.3. The fraction of sp³-hybridized carbons (Fsp3) is 0.826. The van der Waals surface area contributed by atoms with Gasteiger partial charge in [0, 0.05) is 16.5 Å². The standard InChI is InChI=1S/C23H35NO5/c1-14(2)7-11-23-12-8-16-21(3,9-6-10-22(16,4)20(27)28)19(23)24-17(15(23)13-25)18(26)29-5/h13-17H,6-12H2,1-5H3,(H,27,28). The second-order valence-corrected chi connectivity index (χ2v) is 10.3. The van der Waals surface area contributed by atoms with Crippen LogP contribution in [0.3, 0.4) is 0 Å². The van der Waals surface area contributed by atoms with Gasteiger partial charge in [-0.25, -0.2) is 4.79 Å². The molecule has 3 rings (SSSR count). The molecule has 3 aliphatic rings. The van der Waals surface area contributed by atoms with Crippen molar-refractivity contribution < 1.29 is 24.2 Å². The number of esters is 1. The van der Waals surface area contributed by atoms with E-state index in [0.717, 1.165) is 44.1 Å². The first kappa shape index (κ1) is 22.0. The predicted octanol–water partition coefficient (Wildman–Crippen LogP) is 3.91. The van der Waals surface area contributed by atoms with Gasteiger partial charge in [0.05, 0.1) is 18.4 Å². The van der Waals surface area contributed by atoms with E-state index in [4.69, 9.17) is 9.73 Å². The van der Waals surface area contributed by atoms with Crippen molar-refractivity contribution >= 4 is 23.9 Å². The number of carboxylic acids is 1. The van der Waals surface area contributed by atoms with E-state index in [2.05, 4.69) is 20.8 Å². The van der Waals surface area contributed by atoms with Crippen molar-refractivity contribution in [3.05, 3.63) is 0 Å². The van der Waals surface area contributed by atoms with Crippen LogP contribution in [0.25, 0.3) is 0 Å². The maximum atomic E-state index is 12.5. The van der Waals surface area contributed by atoms with Crippen LogP contribution < -0.4 is 0 Å². The van der Waals surface area contributed by atoms with Gasteiger partial charge in [-0.15, -0.1) is 0 Å². The zero-order valence-corrected chi connectivity index (χ0v) is 18.4. The number of ether oxygens (including phenoxy) is 1. The van der Waals surface area contributed by atoms with Crippen LogP contribution in [0, 0.1) is 34.0 Å². The van der Waals surface area contributed by atoms with Gasteiger partial charge in [-0.1, -0.05) is 33.6 Å². The highest BCUT2D eigenvalue weighted by Gasteiger charge is 2.66. The van der Waals surface area contributed by atoms with Gasteiger partial charge < -0.3 is 14.6 Å². The molecule has 2 aliphatic carbocycles. The van der Waals surface area contributed by atoms with Crippen molar-refractivity contribution in [2.45, 2.75) is 78.7 Å². The monoisotopic (exact) mass is 405 g/mol. The summed E-state index contributed by atoms with van der Waals surface area (Å²) in [6.07, 6.45) is 6.41. The Kier molecular flexibility index (Phi) is 5.69. The molecule has 1 N–H and O–H groups in total. The Morgan fingerprint density at radius 2 is 1.97 bits per heavy atom. The topological polar surface area (TPSA) is 93.0 Å². The van der Waals surface area contributed by atoms with E-state index in [9.17, 15) is 19.5 Å². The lowest BCUT2D eigenvalue weighted by Gasteiger charge is -2.58. The quantitative estimate of drug-likeness (QED) is 0.534. The highest BCUT2D eigenvalue weighted by atomic mass is 16.5. The summed E-state index contributed by atoms with van der Waals surface area (Å²) >= 11 is 0. The number of carbonyl (C=O) groups excluding carboxylic acids is 2. The molecule has 6 heteroatoms. The summed E-state index contributed by atoms with van der Waals surface area (Å²) in [5.41, 5.74) is -0.765. The third-order valence-corrected chi connectivity index (χ3v) is 8.31. The fourth-order valence-electron chi connectivity index (χ4n) is 6.74. The lowest BCUT2D eigenvalue weighted by molar-refractivity contribution is -0.159. The Hall–Kier alpha value is -1.72. The number of aliphatic carboxylic acids is 1. The molecule has 0 bridgehead atoms. The van der Waals surface area contributed by atoms with E-state index in [1.165, 1.54) is 7.11 Å². The Morgan fingerprint density at radius 3 is 2.52 bits per heavy atom. The van der Waals surface area contributed by atoms with E-state index in [1.54, 1.807) is 0 Å². The first-order chi connectivity index (χ1) is 13.6. The molecule has 0 radical (unpaired) electrons. The van der Waals surface area contributed by atoms with Crippen LogP contribution in [-0.2, 0) is 19.1 Å². The fourth-order valence-corrected chi connectivity index (χ4v) is 6.74. The molecule has 1 aliphatic heterocycles. The Bertz CT molecular complexity index is 731. The molecule has 6 nitrogen and oxygen atoms in total. The molecular weight excluding hydrogens is 370 g/mol. The van der Waals surface area contributed by atoms with Gasteiger partial charge in [0.15, 0.2) is 6.04 Å². The van der Waals surface area contributed by atoms with Gasteiger partial charge in [0.1, 0.15) is 6.29 Å². The lowest BCUT2D eigenvalue weighted by atomic mass is 9.44. The van der Waals surface area contributed by atoms with Crippen LogP contribution in [0.15, 0.2) is 4.99 Å². The van der Waals surface area contributed by atoms with E-state index in [-0.39, 0.29) is 5.92 Å². The van der Waals surface area contributed by atoms with Crippen LogP contribution in [0.4, 0.5) is 0 Å². The second kappa shape index (κ2) is 7.51. The average Bonchev–Trinajstić information content (AvgIpc) is 3.01. The number of carboxylic acid groups (broad SMARTS) is 1. The number of hydrogen-bond donors (Lipinski definition) is 1. The third kappa shape index (κ3) is 3.14. The number of rotatable bonds is 6. The molecule has 29 heavy (non-hydrogen) atoms. The van der Waals surface area contributed by atoms with Gasteiger partial charge in [-0.3, -0.25) is 9.79 Å². The summed E-state index contributed by atoms with van der Waals surface area (Å²) in [5, 5.41) is 10.0. The minimum Gasteiger partial charge on any atom is -0.481 e. The summed E-state index contributed by atoms with van der Waals surface area (Å²) in [7, 11) is 1.33. The number of aldehydes is 1. The zero-order chi connectivity index (χ0) is 21.6. The molecule has 0 amide bonds. The van der Waals surface area contributed by atoms with Crippen molar-refractivity contribution in [3.63, 3.8) is 0 Å². The number of carbonyl (C=O) groups is 3. The van der Waals surface area contributed by atoms with E-state index in [1.807, 2.05) is 6.92 Å². The molecule has 0 saturated heterocycles. The van der Waals surface area contributed by atoms with E-state index >= 15 is 0 Å². The van der Waals surface area contributed by atoms with Crippen molar-refractivity contribution in [3.8, 4) is 0 Å². The van der Waals surface area contributed by atoms with Crippen molar-refractivity contribution in [1.82, 2.24) is 0 Å². The number of methoxy groups -OCH3 is 1. The Labute approximate surface area is 173 Å². The van der Waals surface area contributed by atoms with Crippen molar-refractivity contribution in [2.75, 3.05) is 7.11 Å². The van der Waals surface area contributed by atoms with Gasteiger partial charge in [-0.2, -0.15) is 0 Å². The molecule has 0 aromatic heterocycles. The number of fused-ring (bicyclic) bond motifs is 3. The highest BCUT2D eigenvalue weighted by molar-refractivity contribution is 6.04. The summed E-state index contributed by atoms with van der Waals surface area (Å²) in [6, 6.07) is -0.812. The number of hydrogen-bond acceptors (Lipinski definition) is 5. The molecule has 6 unspecified atom stereocenters. The molecule has 162 valence electrons. The average molecular weight is 406 g/mol. The third-order valence-electron chi connectivity index (χ3n) is 8.31. The number of aliphatic imine (C=N–C) groups is 1. The highest BCUT2D eigenvalue weighted by Crippen LogP contribution is 2.65. The normalized spacial score (nSPS) is 41.3. The molecule has 0 aromatic carbocycles. The van der Waals surface area contributed by atoms with Crippen molar-refractivity contribution in [2.24, 2.45) is 39.0 Å². The number of nitrogens with zero attached hydrogens (tertiary/aromatic N) is 1. The first-order valence-corrected chi connectivity index (χ1v) is 10.9. The SMILES string of the molecule is COC(=O)C1N=C2C3(C)CCCC(C)(C(=O)O)C3CCC2(CCC(C)C)C1C=O. The van der Waals surface area contributed by atoms with Crippen molar-refractivity contribution in [1.29, 1.82) is 0 Å². The molecular formula is C23H35NO5. The van der Waals surface area contributed by atoms with Crippen LogP contribution in [-0.4, -0.2) is 42.2 Å². The first-order valence-electron chi connectivity index (χ1n) is 10.9. The lowest BCUT2D eigenvalue weighted by Crippen LogP contribution is -2.59. The van der Waals surface area contributed by atoms with E-state index < -0.39 is 40.1 Å². The minimum absolute atomic E-state index is 0.0455. The maximum absolute atomic E-state index is 12.5. The smallest absolute Gasteiger partial charge is 0.331 e.